The number of carbonyl (C=O) groups is 2. The molecule has 0 unspecified atom stereocenters. The second kappa shape index (κ2) is 4.30. The molecule has 0 aromatic carbocycles. The van der Waals surface area contributed by atoms with Gasteiger partial charge >= 0.3 is 0 Å². The maximum atomic E-state index is 11.2. The summed E-state index contributed by atoms with van der Waals surface area (Å²) in [6.45, 7) is 0.628. The zero-order chi connectivity index (χ0) is 8.43. The quantitative estimate of drug-likeness (QED) is 0.577. The molecule has 0 aromatic heterocycles. The molecule has 1 aliphatic rings. The molecule has 0 bridgehead atoms. The molecule has 70 valence electrons. The number of hydrogen-bond donors (Lipinski definition) is 1. The van der Waals surface area contributed by atoms with E-state index < -0.39 is 5.92 Å². The van der Waals surface area contributed by atoms with Crippen molar-refractivity contribution in [3.8, 4) is 0 Å². The number of halogens is 1. The van der Waals surface area contributed by atoms with Crippen LogP contribution in [-0.2, 0) is 9.59 Å². The Bertz CT molecular complexity index is 194. The van der Waals surface area contributed by atoms with Gasteiger partial charge in [0.1, 0.15) is 5.92 Å². The highest BCUT2D eigenvalue weighted by molar-refractivity contribution is 6.01. The largest absolute Gasteiger partial charge is 0.355 e. The van der Waals surface area contributed by atoms with Crippen molar-refractivity contribution in [1.82, 2.24) is 10.2 Å². The number of hydrogen-bond acceptors (Lipinski definition) is 2. The summed E-state index contributed by atoms with van der Waals surface area (Å²) in [4.78, 5) is 23.6. The van der Waals surface area contributed by atoms with Crippen molar-refractivity contribution in [2.45, 2.75) is 6.42 Å². The maximum absolute atomic E-state index is 11.2. The number of nitrogens with zero attached hydrogens (tertiary/aromatic N) is 1. The van der Waals surface area contributed by atoms with Crippen LogP contribution in [0.2, 0.25) is 0 Å². The second-order valence-corrected chi connectivity index (χ2v) is 2.86. The van der Waals surface area contributed by atoms with Crippen LogP contribution in [0.4, 0.5) is 0 Å². The maximum Gasteiger partial charge on any atom is 0.234 e. The highest BCUT2D eigenvalue weighted by Crippen LogP contribution is 2.10. The molecule has 1 saturated heterocycles. The lowest BCUT2D eigenvalue weighted by Gasteiger charge is -2.13. The Morgan fingerprint density at radius 2 is 2.17 bits per heavy atom. The van der Waals surface area contributed by atoms with Crippen LogP contribution in [0.5, 0.6) is 0 Å². The molecule has 0 radical (unpaired) electrons. The van der Waals surface area contributed by atoms with Crippen molar-refractivity contribution in [2.75, 3.05) is 20.6 Å². The summed E-state index contributed by atoms with van der Waals surface area (Å²) >= 11 is 0. The van der Waals surface area contributed by atoms with E-state index in [0.29, 0.717) is 13.0 Å². The van der Waals surface area contributed by atoms with E-state index in [1.54, 1.807) is 14.1 Å². The summed E-state index contributed by atoms with van der Waals surface area (Å²) in [6, 6.07) is 0. The second-order valence-electron chi connectivity index (χ2n) is 2.86. The van der Waals surface area contributed by atoms with Crippen LogP contribution < -0.4 is 5.32 Å². The van der Waals surface area contributed by atoms with E-state index in [4.69, 9.17) is 0 Å². The van der Waals surface area contributed by atoms with Crippen LogP contribution in [0.25, 0.3) is 0 Å². The standard InChI is InChI=1S/C7H12N2O2.ClH/c1-9(2)7(11)5-3-4-8-6(5)10;/h5H,3-4H2,1-2H3,(H,8,10);1H/t5-;/m0./s1. The summed E-state index contributed by atoms with van der Waals surface area (Å²) in [5, 5.41) is 2.62. The fourth-order valence-corrected chi connectivity index (χ4v) is 1.14. The third-order valence-electron chi connectivity index (χ3n) is 1.79. The van der Waals surface area contributed by atoms with Crippen LogP contribution in [-0.4, -0.2) is 37.4 Å². The third-order valence-corrected chi connectivity index (χ3v) is 1.79. The van der Waals surface area contributed by atoms with E-state index in [0.717, 1.165) is 0 Å². The van der Waals surface area contributed by atoms with E-state index in [2.05, 4.69) is 5.32 Å². The molecular weight excluding hydrogens is 180 g/mol. The lowest BCUT2D eigenvalue weighted by Crippen LogP contribution is -2.34. The average molecular weight is 193 g/mol. The molecule has 1 N–H and O–H groups in total. The van der Waals surface area contributed by atoms with Gasteiger partial charge in [-0.3, -0.25) is 9.59 Å². The van der Waals surface area contributed by atoms with E-state index in [-0.39, 0.29) is 24.2 Å². The SMILES string of the molecule is CN(C)C(=O)[C@H]1CCNC1=O.Cl. The van der Waals surface area contributed by atoms with Gasteiger partial charge < -0.3 is 10.2 Å². The van der Waals surface area contributed by atoms with Gasteiger partial charge in [-0.1, -0.05) is 0 Å². The minimum Gasteiger partial charge on any atom is -0.355 e. The topological polar surface area (TPSA) is 49.4 Å². The van der Waals surface area contributed by atoms with Crippen LogP contribution in [0, 0.1) is 5.92 Å². The first kappa shape index (κ1) is 11.2. The number of rotatable bonds is 1. The van der Waals surface area contributed by atoms with Gasteiger partial charge in [0, 0.05) is 20.6 Å². The summed E-state index contributed by atoms with van der Waals surface area (Å²) in [5.74, 6) is -0.672. The van der Waals surface area contributed by atoms with E-state index >= 15 is 0 Å². The zero-order valence-corrected chi connectivity index (χ0v) is 7.98. The fraction of sp³-hybridized carbons (Fsp3) is 0.714. The Kier molecular flexibility index (Phi) is 4.03. The lowest BCUT2D eigenvalue weighted by molar-refractivity contribution is -0.138. The van der Waals surface area contributed by atoms with Gasteiger partial charge in [-0.15, -0.1) is 12.4 Å². The van der Waals surface area contributed by atoms with Crippen molar-refractivity contribution >= 4 is 24.2 Å². The first-order valence-corrected chi connectivity index (χ1v) is 3.62. The summed E-state index contributed by atoms with van der Waals surface area (Å²) in [5.41, 5.74) is 0. The van der Waals surface area contributed by atoms with Gasteiger partial charge in [0.2, 0.25) is 11.8 Å². The highest BCUT2D eigenvalue weighted by Gasteiger charge is 2.31. The number of carbonyl (C=O) groups excluding carboxylic acids is 2. The number of nitrogens with one attached hydrogen (secondary N) is 1. The molecule has 1 heterocycles. The minimum atomic E-state index is -0.440. The summed E-state index contributed by atoms with van der Waals surface area (Å²) in [6.07, 6.45) is 0.635. The van der Waals surface area contributed by atoms with Crippen LogP contribution in [0.1, 0.15) is 6.42 Å². The van der Waals surface area contributed by atoms with Crippen LogP contribution in [0.3, 0.4) is 0 Å². The average Bonchev–Trinajstić information content (AvgIpc) is 2.33. The molecule has 2 amide bonds. The molecular formula is C7H13ClN2O2. The lowest BCUT2D eigenvalue weighted by atomic mass is 10.1. The van der Waals surface area contributed by atoms with E-state index in [1.807, 2.05) is 0 Å². The van der Waals surface area contributed by atoms with Crippen LogP contribution >= 0.6 is 12.4 Å². The summed E-state index contributed by atoms with van der Waals surface area (Å²) < 4.78 is 0. The molecule has 1 atom stereocenters. The van der Waals surface area contributed by atoms with Crippen molar-refractivity contribution in [3.05, 3.63) is 0 Å². The van der Waals surface area contributed by atoms with Gasteiger partial charge in [0.15, 0.2) is 0 Å². The Morgan fingerprint density at radius 1 is 1.58 bits per heavy atom. The molecule has 0 spiro atoms. The van der Waals surface area contributed by atoms with Crippen LogP contribution in [0.15, 0.2) is 0 Å². The predicted octanol–water partition coefficient (Wildman–Crippen LogP) is -0.368. The molecule has 12 heavy (non-hydrogen) atoms. The van der Waals surface area contributed by atoms with Gasteiger partial charge in [0.25, 0.3) is 0 Å². The van der Waals surface area contributed by atoms with Crippen molar-refractivity contribution in [3.63, 3.8) is 0 Å². The molecule has 0 aliphatic carbocycles. The van der Waals surface area contributed by atoms with Gasteiger partial charge in [0.05, 0.1) is 0 Å². The van der Waals surface area contributed by atoms with Crippen molar-refractivity contribution in [2.24, 2.45) is 5.92 Å². The zero-order valence-electron chi connectivity index (χ0n) is 7.16. The van der Waals surface area contributed by atoms with E-state index in [1.165, 1.54) is 4.90 Å². The molecule has 0 saturated carbocycles. The van der Waals surface area contributed by atoms with Gasteiger partial charge in [-0.2, -0.15) is 0 Å². The molecule has 1 rings (SSSR count). The predicted molar refractivity (Wildman–Crippen MR) is 47.1 cm³/mol. The summed E-state index contributed by atoms with van der Waals surface area (Å²) in [7, 11) is 3.32. The first-order valence-electron chi connectivity index (χ1n) is 3.62. The van der Waals surface area contributed by atoms with Gasteiger partial charge in [-0.05, 0) is 6.42 Å². The monoisotopic (exact) mass is 192 g/mol. The molecule has 5 heteroatoms. The van der Waals surface area contributed by atoms with Crippen molar-refractivity contribution in [1.29, 1.82) is 0 Å². The van der Waals surface area contributed by atoms with Crippen molar-refractivity contribution < 1.29 is 9.59 Å². The normalized spacial score (nSPS) is 21.2. The smallest absolute Gasteiger partial charge is 0.234 e. The molecule has 1 fully saturated rings. The molecule has 1 aliphatic heterocycles. The molecule has 4 nitrogen and oxygen atoms in total. The Hall–Kier alpha value is -0.770. The highest BCUT2D eigenvalue weighted by atomic mass is 35.5. The third kappa shape index (κ3) is 2.11. The Balaban J connectivity index is 0.00000121. The van der Waals surface area contributed by atoms with E-state index in [9.17, 15) is 9.59 Å². The molecule has 0 aromatic rings. The fourth-order valence-electron chi connectivity index (χ4n) is 1.14. The number of amides is 2. The minimum absolute atomic E-state index is 0. The Morgan fingerprint density at radius 3 is 2.50 bits per heavy atom. The Labute approximate surface area is 77.7 Å². The van der Waals surface area contributed by atoms with Gasteiger partial charge in [-0.25, -0.2) is 0 Å². The first-order chi connectivity index (χ1) is 5.13.